The van der Waals surface area contributed by atoms with Gasteiger partial charge in [-0.1, -0.05) is 39.8 Å². The highest BCUT2D eigenvalue weighted by Gasteiger charge is 2.32. The maximum atomic E-state index is 12.9. The van der Waals surface area contributed by atoms with Gasteiger partial charge in [0.25, 0.3) is 0 Å². The Morgan fingerprint density at radius 2 is 2.00 bits per heavy atom. The van der Waals surface area contributed by atoms with Crippen LogP contribution in [-0.2, 0) is 9.59 Å². The van der Waals surface area contributed by atoms with E-state index in [2.05, 4.69) is 5.32 Å². The average molecular weight is 320 g/mol. The number of hydrogen-bond acceptors (Lipinski definition) is 4. The van der Waals surface area contributed by atoms with E-state index in [0.29, 0.717) is 5.75 Å². The molecule has 4 nitrogen and oxygen atoms in total. The number of rotatable bonds is 5. The number of hydrogen-bond donors (Lipinski definition) is 1. The molecule has 0 saturated carbocycles. The second-order valence-electron chi connectivity index (χ2n) is 6.20. The van der Waals surface area contributed by atoms with E-state index in [1.165, 1.54) is 0 Å². The minimum Gasteiger partial charge on any atom is -0.303 e. The standard InChI is InChI=1S/C17H24N2O2S/c1-11(2)15(20)9-19-14-7-5-6-8-16(14)22-10-13(17(19)21)18-12(3)4/h5-8,11-13,18H,9-10H2,1-4H3/t13-/m1/s1. The van der Waals surface area contributed by atoms with Gasteiger partial charge in [-0.05, 0) is 12.1 Å². The fraction of sp³-hybridized carbons (Fsp3) is 0.529. The third-order valence-corrected chi connectivity index (χ3v) is 4.77. The lowest BCUT2D eigenvalue weighted by Crippen LogP contribution is -2.51. The maximum absolute atomic E-state index is 12.9. The van der Waals surface area contributed by atoms with Crippen LogP contribution in [0.15, 0.2) is 29.2 Å². The third kappa shape index (κ3) is 3.90. The molecule has 0 radical (unpaired) electrons. The molecule has 22 heavy (non-hydrogen) atoms. The second kappa shape index (κ2) is 7.29. The Morgan fingerprint density at radius 1 is 1.32 bits per heavy atom. The molecule has 1 N–H and O–H groups in total. The molecule has 1 amide bonds. The monoisotopic (exact) mass is 320 g/mol. The van der Waals surface area contributed by atoms with Gasteiger partial charge in [-0.15, -0.1) is 11.8 Å². The van der Waals surface area contributed by atoms with E-state index in [1.54, 1.807) is 16.7 Å². The molecule has 120 valence electrons. The lowest BCUT2D eigenvalue weighted by molar-refractivity contribution is -0.125. The van der Waals surface area contributed by atoms with Crippen molar-refractivity contribution in [3.63, 3.8) is 0 Å². The molecule has 0 spiro atoms. The third-order valence-electron chi connectivity index (χ3n) is 3.62. The number of nitrogens with zero attached hydrogens (tertiary/aromatic N) is 1. The molecule has 1 atom stereocenters. The van der Waals surface area contributed by atoms with Gasteiger partial charge in [-0.2, -0.15) is 0 Å². The zero-order valence-electron chi connectivity index (χ0n) is 13.6. The first kappa shape index (κ1) is 17.0. The SMILES string of the molecule is CC(C)N[C@@H]1CSc2ccccc2N(CC(=O)C(C)C)C1=O. The van der Waals surface area contributed by atoms with Crippen LogP contribution in [0.1, 0.15) is 27.7 Å². The number of nitrogens with one attached hydrogen (secondary N) is 1. The van der Waals surface area contributed by atoms with Crippen LogP contribution >= 0.6 is 11.8 Å². The minimum atomic E-state index is -0.266. The van der Waals surface area contributed by atoms with Crippen molar-refractivity contribution in [2.75, 3.05) is 17.2 Å². The largest absolute Gasteiger partial charge is 0.303 e. The highest BCUT2D eigenvalue weighted by molar-refractivity contribution is 7.99. The molecule has 0 aliphatic carbocycles. The van der Waals surface area contributed by atoms with Crippen molar-refractivity contribution in [2.24, 2.45) is 5.92 Å². The molecule has 0 unspecified atom stereocenters. The van der Waals surface area contributed by atoms with Crippen LogP contribution in [0.4, 0.5) is 5.69 Å². The van der Waals surface area contributed by atoms with Crippen LogP contribution in [0.25, 0.3) is 0 Å². The van der Waals surface area contributed by atoms with Crippen molar-refractivity contribution in [1.82, 2.24) is 5.32 Å². The first-order valence-electron chi connectivity index (χ1n) is 7.72. The smallest absolute Gasteiger partial charge is 0.245 e. The van der Waals surface area contributed by atoms with E-state index < -0.39 is 0 Å². The number of benzene rings is 1. The molecule has 1 heterocycles. The first-order chi connectivity index (χ1) is 10.4. The Labute approximate surface area is 136 Å². The fourth-order valence-electron chi connectivity index (χ4n) is 2.38. The van der Waals surface area contributed by atoms with Crippen LogP contribution in [0, 0.1) is 5.92 Å². The predicted octanol–water partition coefficient (Wildman–Crippen LogP) is 2.72. The highest BCUT2D eigenvalue weighted by atomic mass is 32.2. The molecule has 5 heteroatoms. The Morgan fingerprint density at radius 3 is 2.64 bits per heavy atom. The van der Waals surface area contributed by atoms with Gasteiger partial charge in [-0.3, -0.25) is 9.59 Å². The van der Waals surface area contributed by atoms with E-state index in [1.807, 2.05) is 52.0 Å². The molecule has 1 aliphatic heterocycles. The number of carbonyl (C=O) groups is 2. The van der Waals surface area contributed by atoms with Gasteiger partial charge >= 0.3 is 0 Å². The quantitative estimate of drug-likeness (QED) is 0.906. The number of fused-ring (bicyclic) bond motifs is 1. The molecule has 0 fully saturated rings. The molecule has 0 bridgehead atoms. The van der Waals surface area contributed by atoms with Gasteiger partial charge in [0, 0.05) is 22.6 Å². The number of Topliss-reactive ketones (excluding diaryl/α,β-unsaturated/α-hetero) is 1. The maximum Gasteiger partial charge on any atom is 0.245 e. The molecule has 0 saturated heterocycles. The number of thioether (sulfide) groups is 1. The Bertz CT molecular complexity index is 557. The van der Waals surface area contributed by atoms with Gasteiger partial charge in [0.15, 0.2) is 5.78 Å². The normalized spacial score (nSPS) is 18.5. The van der Waals surface area contributed by atoms with Crippen LogP contribution in [0.5, 0.6) is 0 Å². The molecule has 2 rings (SSSR count). The number of ketones is 1. The average Bonchev–Trinajstić information content (AvgIpc) is 2.59. The lowest BCUT2D eigenvalue weighted by Gasteiger charge is -2.26. The number of anilines is 1. The first-order valence-corrected chi connectivity index (χ1v) is 8.70. The van der Waals surface area contributed by atoms with Crippen molar-refractivity contribution < 1.29 is 9.59 Å². The summed E-state index contributed by atoms with van der Waals surface area (Å²) in [5.74, 6) is 0.673. The summed E-state index contributed by atoms with van der Waals surface area (Å²) in [6.07, 6.45) is 0. The Balaban J connectivity index is 2.34. The highest BCUT2D eigenvalue weighted by Crippen LogP contribution is 2.34. The van der Waals surface area contributed by atoms with E-state index in [9.17, 15) is 9.59 Å². The Kier molecular flexibility index (Phi) is 5.64. The molecular formula is C17H24N2O2S. The second-order valence-corrected chi connectivity index (χ2v) is 7.26. The van der Waals surface area contributed by atoms with E-state index in [0.717, 1.165) is 10.6 Å². The van der Waals surface area contributed by atoms with Gasteiger partial charge in [0.1, 0.15) is 0 Å². The van der Waals surface area contributed by atoms with Crippen molar-refractivity contribution in [3.8, 4) is 0 Å². The molecular weight excluding hydrogens is 296 g/mol. The summed E-state index contributed by atoms with van der Waals surface area (Å²) >= 11 is 1.67. The van der Waals surface area contributed by atoms with Gasteiger partial charge < -0.3 is 10.2 Å². The summed E-state index contributed by atoms with van der Waals surface area (Å²) in [5.41, 5.74) is 0.847. The van der Waals surface area contributed by atoms with Gasteiger partial charge in [-0.25, -0.2) is 0 Å². The summed E-state index contributed by atoms with van der Waals surface area (Å²) in [6.45, 7) is 7.94. The summed E-state index contributed by atoms with van der Waals surface area (Å²) < 4.78 is 0. The number of para-hydroxylation sites is 1. The van der Waals surface area contributed by atoms with E-state index in [4.69, 9.17) is 0 Å². The number of carbonyl (C=O) groups excluding carboxylic acids is 2. The van der Waals surface area contributed by atoms with Crippen molar-refractivity contribution in [2.45, 2.75) is 44.7 Å². The van der Waals surface area contributed by atoms with Crippen LogP contribution in [-0.4, -0.2) is 36.1 Å². The molecule has 0 aromatic heterocycles. The summed E-state index contributed by atoms with van der Waals surface area (Å²) in [4.78, 5) is 27.8. The van der Waals surface area contributed by atoms with Crippen molar-refractivity contribution in [3.05, 3.63) is 24.3 Å². The zero-order valence-corrected chi connectivity index (χ0v) is 14.4. The lowest BCUT2D eigenvalue weighted by atomic mass is 10.1. The van der Waals surface area contributed by atoms with E-state index >= 15 is 0 Å². The van der Waals surface area contributed by atoms with Gasteiger partial charge in [0.2, 0.25) is 5.91 Å². The van der Waals surface area contributed by atoms with Crippen LogP contribution in [0.2, 0.25) is 0 Å². The summed E-state index contributed by atoms with van der Waals surface area (Å²) in [5, 5.41) is 3.32. The predicted molar refractivity (Wildman–Crippen MR) is 91.4 cm³/mol. The Hall–Kier alpha value is -1.33. The zero-order chi connectivity index (χ0) is 16.3. The fourth-order valence-corrected chi connectivity index (χ4v) is 3.46. The topological polar surface area (TPSA) is 49.4 Å². The van der Waals surface area contributed by atoms with Crippen molar-refractivity contribution >= 4 is 29.1 Å². The summed E-state index contributed by atoms with van der Waals surface area (Å²) in [6, 6.07) is 7.77. The molecule has 1 aromatic rings. The van der Waals surface area contributed by atoms with E-state index in [-0.39, 0.29) is 36.2 Å². The molecule has 1 aliphatic rings. The van der Waals surface area contributed by atoms with Crippen LogP contribution in [0.3, 0.4) is 0 Å². The van der Waals surface area contributed by atoms with Crippen molar-refractivity contribution in [1.29, 1.82) is 0 Å². The summed E-state index contributed by atoms with van der Waals surface area (Å²) in [7, 11) is 0. The van der Waals surface area contributed by atoms with Crippen LogP contribution < -0.4 is 10.2 Å². The molecule has 1 aromatic carbocycles. The minimum absolute atomic E-state index is 0.0137. The number of amides is 1. The van der Waals surface area contributed by atoms with Gasteiger partial charge in [0.05, 0.1) is 18.3 Å².